The van der Waals surface area contributed by atoms with Crippen molar-refractivity contribution in [2.75, 3.05) is 0 Å². The lowest BCUT2D eigenvalue weighted by Gasteiger charge is -2.31. The summed E-state index contributed by atoms with van der Waals surface area (Å²) in [6.07, 6.45) is -1.57. The van der Waals surface area contributed by atoms with E-state index < -0.39 is 12.1 Å². The van der Waals surface area contributed by atoms with Crippen LogP contribution in [0.1, 0.15) is 58.2 Å². The molecule has 1 rings (SSSR count). The molecule has 1 atom stereocenters. The Labute approximate surface area is 127 Å². The van der Waals surface area contributed by atoms with E-state index in [2.05, 4.69) is 48.1 Å². The normalized spacial score (nSPS) is 13.9. The smallest absolute Gasteiger partial charge is 0.337 e. The lowest BCUT2D eigenvalue weighted by molar-refractivity contribution is -0.143. The van der Waals surface area contributed by atoms with Crippen LogP contribution < -0.4 is 0 Å². The molecule has 0 aliphatic heterocycles. The van der Waals surface area contributed by atoms with Gasteiger partial charge in [-0.15, -0.1) is 0 Å². The highest BCUT2D eigenvalue weighted by atomic mass is 16.4. The summed E-state index contributed by atoms with van der Waals surface area (Å²) in [6.45, 7) is 16.6. The fourth-order valence-electron chi connectivity index (χ4n) is 2.33. The largest absolute Gasteiger partial charge is 0.479 e. The minimum atomic E-state index is -1.57. The van der Waals surface area contributed by atoms with Gasteiger partial charge in [0.15, 0.2) is 6.10 Å². The number of hydrogen-bond donors (Lipinski definition) is 2. The average Bonchev–Trinajstić information content (AvgIpc) is 2.34. The molecule has 0 fully saturated rings. The fourth-order valence-corrected chi connectivity index (χ4v) is 2.33. The zero-order valence-corrected chi connectivity index (χ0v) is 13.8. The SMILES string of the molecule is C=C(c1ccc(C(C)(C)C)c(C(C)(C)C)c1)C(O)C(=O)O. The molecule has 1 unspecified atom stereocenters. The Kier molecular flexibility index (Phi) is 4.69. The zero-order valence-electron chi connectivity index (χ0n) is 13.8. The van der Waals surface area contributed by atoms with Crippen molar-refractivity contribution in [2.45, 2.75) is 58.5 Å². The van der Waals surface area contributed by atoms with Crippen molar-refractivity contribution in [3.63, 3.8) is 0 Å². The topological polar surface area (TPSA) is 57.5 Å². The quantitative estimate of drug-likeness (QED) is 0.891. The highest BCUT2D eigenvalue weighted by Gasteiger charge is 2.27. The summed E-state index contributed by atoms with van der Waals surface area (Å²) >= 11 is 0. The number of hydrogen-bond acceptors (Lipinski definition) is 2. The van der Waals surface area contributed by atoms with Gasteiger partial charge in [0.05, 0.1) is 0 Å². The molecule has 0 spiro atoms. The summed E-state index contributed by atoms with van der Waals surface area (Å²) in [5.74, 6) is -1.28. The number of carboxylic acids is 1. The number of carboxylic acid groups (broad SMARTS) is 1. The summed E-state index contributed by atoms with van der Waals surface area (Å²) in [7, 11) is 0. The molecule has 0 radical (unpaired) electrons. The van der Waals surface area contributed by atoms with Crippen LogP contribution in [0.3, 0.4) is 0 Å². The third kappa shape index (κ3) is 3.94. The van der Waals surface area contributed by atoms with Crippen LogP contribution in [0.4, 0.5) is 0 Å². The van der Waals surface area contributed by atoms with Gasteiger partial charge in [-0.2, -0.15) is 0 Å². The maximum Gasteiger partial charge on any atom is 0.337 e. The van der Waals surface area contributed by atoms with E-state index in [1.54, 1.807) is 0 Å². The minimum Gasteiger partial charge on any atom is -0.479 e. The molecule has 2 N–H and O–H groups in total. The third-order valence-corrected chi connectivity index (χ3v) is 3.57. The van der Waals surface area contributed by atoms with E-state index >= 15 is 0 Å². The number of rotatable bonds is 3. The van der Waals surface area contributed by atoms with Crippen molar-refractivity contribution >= 4 is 11.5 Å². The van der Waals surface area contributed by atoms with Gasteiger partial charge in [-0.1, -0.05) is 66.3 Å². The highest BCUT2D eigenvalue weighted by molar-refractivity contribution is 5.89. The summed E-state index contributed by atoms with van der Waals surface area (Å²) in [5.41, 5.74) is 3.17. The van der Waals surface area contributed by atoms with Crippen molar-refractivity contribution in [1.82, 2.24) is 0 Å². The second kappa shape index (κ2) is 5.64. The van der Waals surface area contributed by atoms with Gasteiger partial charge in [-0.3, -0.25) is 0 Å². The van der Waals surface area contributed by atoms with E-state index in [9.17, 15) is 9.90 Å². The van der Waals surface area contributed by atoms with Crippen LogP contribution in [0.25, 0.3) is 5.57 Å². The van der Waals surface area contributed by atoms with Gasteiger partial charge in [-0.25, -0.2) is 4.79 Å². The number of carbonyl (C=O) groups is 1. The van der Waals surface area contributed by atoms with Gasteiger partial charge in [0.25, 0.3) is 0 Å². The van der Waals surface area contributed by atoms with Gasteiger partial charge >= 0.3 is 5.97 Å². The predicted molar refractivity (Wildman–Crippen MR) is 86.5 cm³/mol. The van der Waals surface area contributed by atoms with Gasteiger partial charge in [0.1, 0.15) is 0 Å². The Balaban J connectivity index is 3.43. The van der Waals surface area contributed by atoms with Crippen LogP contribution in [0.15, 0.2) is 24.8 Å². The van der Waals surface area contributed by atoms with Crippen molar-refractivity contribution in [3.8, 4) is 0 Å². The molecule has 0 aliphatic carbocycles. The van der Waals surface area contributed by atoms with E-state index in [0.717, 1.165) is 5.56 Å². The molecule has 0 amide bonds. The molecule has 1 aromatic rings. The van der Waals surface area contributed by atoms with E-state index in [-0.39, 0.29) is 16.4 Å². The molecule has 0 saturated carbocycles. The van der Waals surface area contributed by atoms with Gasteiger partial charge in [0, 0.05) is 0 Å². The molecule has 0 saturated heterocycles. The molecule has 1 aromatic carbocycles. The third-order valence-electron chi connectivity index (χ3n) is 3.57. The Bertz CT molecular complexity index is 557. The van der Waals surface area contributed by atoms with Crippen LogP contribution >= 0.6 is 0 Å². The minimum absolute atomic E-state index is 0.00606. The standard InChI is InChI=1S/C18H26O3/c1-11(15(19)16(20)21)12-8-9-13(17(2,3)4)14(10-12)18(5,6)7/h8-10,15,19H,1H2,2-7H3,(H,20,21). The maximum absolute atomic E-state index is 10.9. The zero-order chi connectivity index (χ0) is 16.6. The van der Waals surface area contributed by atoms with Crippen LogP contribution in [0.5, 0.6) is 0 Å². The monoisotopic (exact) mass is 290 g/mol. The van der Waals surface area contributed by atoms with Crippen LogP contribution in [0, 0.1) is 0 Å². The van der Waals surface area contributed by atoms with Crippen molar-refractivity contribution in [2.24, 2.45) is 0 Å². The van der Waals surface area contributed by atoms with Crippen LogP contribution in [0.2, 0.25) is 0 Å². The second-order valence-corrected chi connectivity index (χ2v) is 7.53. The average molecular weight is 290 g/mol. The molecule has 0 aromatic heterocycles. The number of aliphatic carboxylic acids is 1. The summed E-state index contributed by atoms with van der Waals surface area (Å²) in [6, 6.07) is 5.80. The van der Waals surface area contributed by atoms with Crippen LogP contribution in [-0.4, -0.2) is 22.3 Å². The Morgan fingerprint density at radius 2 is 1.52 bits per heavy atom. The Hall–Kier alpha value is -1.61. The van der Waals surface area contributed by atoms with Gasteiger partial charge < -0.3 is 10.2 Å². The molecular formula is C18H26O3. The maximum atomic E-state index is 10.9. The molecule has 3 nitrogen and oxygen atoms in total. The van der Waals surface area contributed by atoms with E-state index in [4.69, 9.17) is 5.11 Å². The molecular weight excluding hydrogens is 264 g/mol. The first-order valence-electron chi connectivity index (χ1n) is 7.10. The summed E-state index contributed by atoms with van der Waals surface area (Å²) in [4.78, 5) is 10.9. The first-order valence-corrected chi connectivity index (χ1v) is 7.10. The Morgan fingerprint density at radius 1 is 1.05 bits per heavy atom. The van der Waals surface area contributed by atoms with Gasteiger partial charge in [-0.05, 0) is 33.1 Å². The van der Waals surface area contributed by atoms with Crippen LogP contribution in [-0.2, 0) is 15.6 Å². The van der Waals surface area contributed by atoms with Crippen molar-refractivity contribution in [3.05, 3.63) is 41.5 Å². The molecule has 0 bridgehead atoms. The predicted octanol–water partition coefficient (Wildman–Crippen LogP) is 3.74. The first kappa shape index (κ1) is 17.4. The fraction of sp³-hybridized carbons (Fsp3) is 0.500. The summed E-state index contributed by atoms with van der Waals surface area (Å²) < 4.78 is 0. The lowest BCUT2D eigenvalue weighted by Crippen LogP contribution is -2.24. The Morgan fingerprint density at radius 3 is 1.90 bits per heavy atom. The molecule has 3 heteroatoms. The number of aliphatic hydroxyl groups excluding tert-OH is 1. The highest BCUT2D eigenvalue weighted by Crippen LogP contribution is 2.35. The van der Waals surface area contributed by atoms with E-state index in [0.29, 0.717) is 5.56 Å². The molecule has 0 heterocycles. The van der Waals surface area contributed by atoms with Gasteiger partial charge in [0.2, 0.25) is 0 Å². The molecule has 0 aliphatic rings. The van der Waals surface area contributed by atoms with E-state index in [1.807, 2.05) is 18.2 Å². The second-order valence-electron chi connectivity index (χ2n) is 7.53. The lowest BCUT2D eigenvalue weighted by atomic mass is 9.74. The molecule has 21 heavy (non-hydrogen) atoms. The number of aliphatic hydroxyl groups is 1. The number of benzene rings is 1. The van der Waals surface area contributed by atoms with Crippen molar-refractivity contribution in [1.29, 1.82) is 0 Å². The first-order chi connectivity index (χ1) is 9.35. The van der Waals surface area contributed by atoms with E-state index in [1.165, 1.54) is 5.56 Å². The molecule has 116 valence electrons. The van der Waals surface area contributed by atoms with Crippen molar-refractivity contribution < 1.29 is 15.0 Å². The summed E-state index contributed by atoms with van der Waals surface area (Å²) in [5, 5.41) is 18.6.